The minimum absolute atomic E-state index is 0.597. The van der Waals surface area contributed by atoms with Gasteiger partial charge in [-0.1, -0.05) is 152 Å². The molecule has 0 unspecified atom stereocenters. The molecule has 11 aromatic rings. The highest BCUT2D eigenvalue weighted by Crippen LogP contribution is 2.44. The van der Waals surface area contributed by atoms with Gasteiger partial charge in [0.05, 0.1) is 0 Å². The Morgan fingerprint density at radius 3 is 1.55 bits per heavy atom. The average Bonchev–Trinajstić information content (AvgIpc) is 3.62. The summed E-state index contributed by atoms with van der Waals surface area (Å²) in [5.74, 6) is 1.84. The first kappa shape index (κ1) is 29.5. The van der Waals surface area contributed by atoms with E-state index >= 15 is 0 Å². The average molecular weight is 676 g/mol. The number of hydrogen-bond acceptors (Lipinski definition) is 4. The van der Waals surface area contributed by atoms with Crippen molar-refractivity contribution in [2.24, 2.45) is 0 Å². The first-order valence-electron chi connectivity index (χ1n) is 17.9. The van der Waals surface area contributed by atoms with Crippen LogP contribution in [0.5, 0.6) is 0 Å². The molecule has 0 spiro atoms. The Labute approximate surface area is 304 Å². The zero-order valence-electron chi connectivity index (χ0n) is 28.5. The third-order valence-corrected chi connectivity index (χ3v) is 10.5. The van der Waals surface area contributed by atoms with E-state index in [0.717, 1.165) is 65.7 Å². The Kier molecular flexibility index (Phi) is 6.52. The van der Waals surface area contributed by atoms with Gasteiger partial charge >= 0.3 is 0 Å². The van der Waals surface area contributed by atoms with Crippen molar-refractivity contribution < 1.29 is 4.42 Å². The predicted octanol–water partition coefficient (Wildman–Crippen LogP) is 13.1. The smallest absolute Gasteiger partial charge is 0.164 e. The lowest BCUT2D eigenvalue weighted by molar-refractivity contribution is 0.673. The lowest BCUT2D eigenvalue weighted by atomic mass is 9.91. The lowest BCUT2D eigenvalue weighted by Gasteiger charge is -2.12. The summed E-state index contributed by atoms with van der Waals surface area (Å²) in [6, 6.07) is 61.7. The second kappa shape index (κ2) is 11.7. The monoisotopic (exact) mass is 675 g/mol. The summed E-state index contributed by atoms with van der Waals surface area (Å²) in [4.78, 5) is 15.6. The van der Waals surface area contributed by atoms with Crippen molar-refractivity contribution in [3.8, 4) is 45.3 Å². The van der Waals surface area contributed by atoms with E-state index < -0.39 is 0 Å². The van der Waals surface area contributed by atoms with Gasteiger partial charge in [-0.2, -0.15) is 0 Å². The SMILES string of the molecule is c1ccc2cc(-c3nc(-c4ccc5ccccc5c4)nc(-c4cccc5oc6c7ccccc7c(-c7cccc8ccccc78)cc6c45)n3)ccc2c1. The molecule has 0 saturated heterocycles. The molecule has 11 rings (SSSR count). The fraction of sp³-hybridized carbons (Fsp3) is 0. The van der Waals surface area contributed by atoms with Crippen LogP contribution in [0.25, 0.3) is 110 Å². The Hall–Kier alpha value is -7.17. The second-order valence-electron chi connectivity index (χ2n) is 13.6. The van der Waals surface area contributed by atoms with E-state index in [2.05, 4.69) is 164 Å². The molecule has 246 valence electrons. The van der Waals surface area contributed by atoms with Gasteiger partial charge in [0.2, 0.25) is 0 Å². The lowest BCUT2D eigenvalue weighted by Crippen LogP contribution is -2.00. The van der Waals surface area contributed by atoms with Crippen molar-refractivity contribution in [1.82, 2.24) is 15.0 Å². The summed E-state index contributed by atoms with van der Waals surface area (Å²) >= 11 is 0. The van der Waals surface area contributed by atoms with Crippen molar-refractivity contribution in [2.75, 3.05) is 0 Å². The van der Waals surface area contributed by atoms with Crippen molar-refractivity contribution in [2.45, 2.75) is 0 Å². The highest BCUT2D eigenvalue weighted by atomic mass is 16.3. The maximum Gasteiger partial charge on any atom is 0.164 e. The third kappa shape index (κ3) is 4.80. The van der Waals surface area contributed by atoms with E-state index in [1.54, 1.807) is 0 Å². The molecule has 0 saturated carbocycles. The van der Waals surface area contributed by atoms with E-state index in [1.807, 2.05) is 12.1 Å². The van der Waals surface area contributed by atoms with Gasteiger partial charge in [-0.25, -0.2) is 15.0 Å². The minimum atomic E-state index is 0.597. The quantitative estimate of drug-likeness (QED) is 0.186. The van der Waals surface area contributed by atoms with Crippen LogP contribution in [-0.4, -0.2) is 15.0 Å². The van der Waals surface area contributed by atoms with Crippen LogP contribution in [-0.2, 0) is 0 Å². The Bertz CT molecular complexity index is 3150. The molecule has 0 amide bonds. The topological polar surface area (TPSA) is 51.8 Å². The molecule has 53 heavy (non-hydrogen) atoms. The van der Waals surface area contributed by atoms with Gasteiger partial charge in [0.1, 0.15) is 11.2 Å². The minimum Gasteiger partial charge on any atom is -0.455 e. The fourth-order valence-corrected chi connectivity index (χ4v) is 7.93. The van der Waals surface area contributed by atoms with E-state index in [4.69, 9.17) is 19.4 Å². The Morgan fingerprint density at radius 2 is 0.849 bits per heavy atom. The molecule has 0 fully saturated rings. The van der Waals surface area contributed by atoms with E-state index in [1.165, 1.54) is 27.1 Å². The summed E-state index contributed by atoms with van der Waals surface area (Å²) in [6.07, 6.45) is 0. The summed E-state index contributed by atoms with van der Waals surface area (Å²) < 4.78 is 6.76. The zero-order chi connectivity index (χ0) is 34.9. The van der Waals surface area contributed by atoms with Gasteiger partial charge in [-0.05, 0) is 73.1 Å². The van der Waals surface area contributed by atoms with Gasteiger partial charge in [-0.3, -0.25) is 0 Å². The number of nitrogens with zero attached hydrogens (tertiary/aromatic N) is 3. The molecule has 2 heterocycles. The molecular formula is C49H29N3O. The number of hydrogen-bond donors (Lipinski definition) is 0. The van der Waals surface area contributed by atoms with Gasteiger partial charge in [0.25, 0.3) is 0 Å². The Balaban J connectivity index is 1.20. The summed E-state index contributed by atoms with van der Waals surface area (Å²) in [7, 11) is 0. The standard InChI is InChI=1S/C49H29N3O/c1-3-14-33-27-35(25-23-30(33)11-1)47-50-48(36-26-24-31-12-2-4-15-34(31)28-36)52-49(51-47)41-21-10-22-44-45(41)43-29-42(39-18-7-8-19-40(39)46(43)53-44)38-20-9-16-32-13-5-6-17-37(32)38/h1-29H. The molecule has 0 aliphatic heterocycles. The molecule has 0 N–H and O–H groups in total. The Morgan fingerprint density at radius 1 is 0.321 bits per heavy atom. The van der Waals surface area contributed by atoms with Gasteiger partial charge in [0, 0.05) is 32.8 Å². The second-order valence-corrected chi connectivity index (χ2v) is 13.6. The van der Waals surface area contributed by atoms with Crippen LogP contribution in [0.2, 0.25) is 0 Å². The highest BCUT2D eigenvalue weighted by molar-refractivity contribution is 6.23. The van der Waals surface area contributed by atoms with Crippen molar-refractivity contribution in [3.63, 3.8) is 0 Å². The zero-order valence-corrected chi connectivity index (χ0v) is 28.5. The van der Waals surface area contributed by atoms with Crippen LogP contribution in [0, 0.1) is 0 Å². The fourth-order valence-electron chi connectivity index (χ4n) is 7.93. The van der Waals surface area contributed by atoms with Crippen molar-refractivity contribution in [3.05, 3.63) is 176 Å². The summed E-state index contributed by atoms with van der Waals surface area (Å²) in [5, 5.41) is 11.3. The van der Waals surface area contributed by atoms with Gasteiger partial charge in [-0.15, -0.1) is 0 Å². The molecular weight excluding hydrogens is 647 g/mol. The van der Waals surface area contributed by atoms with Gasteiger partial charge in [0.15, 0.2) is 17.5 Å². The van der Waals surface area contributed by atoms with Crippen LogP contribution in [0.3, 0.4) is 0 Å². The predicted molar refractivity (Wildman–Crippen MR) is 219 cm³/mol. The number of benzene rings is 9. The first-order valence-corrected chi connectivity index (χ1v) is 17.9. The molecule has 0 atom stereocenters. The molecule has 0 bridgehead atoms. The number of rotatable bonds is 4. The maximum absolute atomic E-state index is 6.76. The first-order chi connectivity index (χ1) is 26.2. The molecule has 4 nitrogen and oxygen atoms in total. The molecule has 0 aliphatic rings. The third-order valence-electron chi connectivity index (χ3n) is 10.5. The van der Waals surface area contributed by atoms with E-state index in [0.29, 0.717) is 17.5 Å². The molecule has 9 aromatic carbocycles. The van der Waals surface area contributed by atoms with Crippen molar-refractivity contribution in [1.29, 1.82) is 0 Å². The molecule has 0 radical (unpaired) electrons. The van der Waals surface area contributed by atoms with Crippen LogP contribution in [0.4, 0.5) is 0 Å². The van der Waals surface area contributed by atoms with Crippen LogP contribution in [0.15, 0.2) is 180 Å². The van der Waals surface area contributed by atoms with Crippen LogP contribution in [0.1, 0.15) is 0 Å². The van der Waals surface area contributed by atoms with Gasteiger partial charge < -0.3 is 4.42 Å². The largest absolute Gasteiger partial charge is 0.455 e. The maximum atomic E-state index is 6.76. The van der Waals surface area contributed by atoms with Crippen LogP contribution < -0.4 is 0 Å². The molecule has 0 aliphatic carbocycles. The number of furan rings is 1. The van der Waals surface area contributed by atoms with E-state index in [-0.39, 0.29) is 0 Å². The van der Waals surface area contributed by atoms with E-state index in [9.17, 15) is 0 Å². The number of aromatic nitrogens is 3. The van der Waals surface area contributed by atoms with Crippen LogP contribution >= 0.6 is 0 Å². The summed E-state index contributed by atoms with van der Waals surface area (Å²) in [6.45, 7) is 0. The number of fused-ring (bicyclic) bond motifs is 8. The highest BCUT2D eigenvalue weighted by Gasteiger charge is 2.21. The molecule has 4 heteroatoms. The molecule has 2 aromatic heterocycles. The normalized spacial score (nSPS) is 11.8. The van der Waals surface area contributed by atoms with Crippen molar-refractivity contribution >= 4 is 65.0 Å². The summed E-state index contributed by atoms with van der Waals surface area (Å²) in [5.41, 5.74) is 6.75.